The van der Waals surface area contributed by atoms with E-state index in [0.717, 1.165) is 36.9 Å². The standard InChI is InChI=1S/C17H20N4O3/c22-15(21-11-5-6-12(21)9-18-8-7-11)10-20-16(23)13-3-1-2-4-14(13)19-17(20)24/h1-4,11-12,18H,5-10H2,(H,19,24). The van der Waals surface area contributed by atoms with Crippen LogP contribution in [-0.2, 0) is 11.3 Å². The van der Waals surface area contributed by atoms with Crippen molar-refractivity contribution in [2.75, 3.05) is 13.1 Å². The van der Waals surface area contributed by atoms with Crippen molar-refractivity contribution in [3.05, 3.63) is 45.1 Å². The zero-order valence-corrected chi connectivity index (χ0v) is 13.3. The van der Waals surface area contributed by atoms with E-state index >= 15 is 0 Å². The lowest BCUT2D eigenvalue weighted by atomic mass is 10.1. The summed E-state index contributed by atoms with van der Waals surface area (Å²) in [7, 11) is 0. The number of carbonyl (C=O) groups is 1. The average molecular weight is 328 g/mol. The molecule has 2 fully saturated rings. The Hall–Kier alpha value is -2.41. The number of hydrogen-bond acceptors (Lipinski definition) is 4. The molecule has 126 valence electrons. The van der Waals surface area contributed by atoms with Crippen molar-refractivity contribution in [2.24, 2.45) is 0 Å². The fraction of sp³-hybridized carbons (Fsp3) is 0.471. The summed E-state index contributed by atoms with van der Waals surface area (Å²) in [5, 5.41) is 3.77. The molecule has 1 amide bonds. The molecule has 2 aliphatic rings. The maximum Gasteiger partial charge on any atom is 0.329 e. The first-order valence-electron chi connectivity index (χ1n) is 8.39. The molecule has 2 N–H and O–H groups in total. The zero-order valence-electron chi connectivity index (χ0n) is 13.3. The van der Waals surface area contributed by atoms with E-state index in [0.29, 0.717) is 10.9 Å². The van der Waals surface area contributed by atoms with Gasteiger partial charge in [-0.25, -0.2) is 4.79 Å². The van der Waals surface area contributed by atoms with Gasteiger partial charge in [-0.3, -0.25) is 14.2 Å². The molecule has 0 aliphatic carbocycles. The minimum atomic E-state index is -0.535. The molecule has 0 spiro atoms. The highest BCUT2D eigenvalue weighted by Gasteiger charge is 2.38. The van der Waals surface area contributed by atoms with Crippen LogP contribution in [0.4, 0.5) is 0 Å². The van der Waals surface area contributed by atoms with Crippen molar-refractivity contribution in [3.8, 4) is 0 Å². The van der Waals surface area contributed by atoms with E-state index in [9.17, 15) is 14.4 Å². The van der Waals surface area contributed by atoms with E-state index in [1.807, 2.05) is 4.90 Å². The van der Waals surface area contributed by atoms with Crippen LogP contribution in [0.3, 0.4) is 0 Å². The van der Waals surface area contributed by atoms with E-state index in [4.69, 9.17) is 0 Å². The Morgan fingerprint density at radius 3 is 2.79 bits per heavy atom. The van der Waals surface area contributed by atoms with Gasteiger partial charge in [-0.05, 0) is 37.9 Å². The topological polar surface area (TPSA) is 87.2 Å². The fourth-order valence-electron chi connectivity index (χ4n) is 3.95. The summed E-state index contributed by atoms with van der Waals surface area (Å²) in [5.41, 5.74) is -0.453. The lowest BCUT2D eigenvalue weighted by Gasteiger charge is -2.28. The van der Waals surface area contributed by atoms with Crippen LogP contribution in [0.1, 0.15) is 19.3 Å². The van der Waals surface area contributed by atoms with Gasteiger partial charge in [-0.2, -0.15) is 0 Å². The summed E-state index contributed by atoms with van der Waals surface area (Å²) in [6.45, 7) is 1.48. The molecule has 0 saturated carbocycles. The fourth-order valence-corrected chi connectivity index (χ4v) is 3.95. The lowest BCUT2D eigenvalue weighted by molar-refractivity contribution is -0.134. The monoisotopic (exact) mass is 328 g/mol. The number of benzene rings is 1. The largest absolute Gasteiger partial charge is 0.334 e. The van der Waals surface area contributed by atoms with Gasteiger partial charge in [-0.15, -0.1) is 0 Å². The van der Waals surface area contributed by atoms with Gasteiger partial charge in [0.1, 0.15) is 6.54 Å². The number of aromatic nitrogens is 2. The van der Waals surface area contributed by atoms with Crippen molar-refractivity contribution in [2.45, 2.75) is 37.9 Å². The molecule has 4 rings (SSSR count). The van der Waals surface area contributed by atoms with E-state index in [2.05, 4.69) is 10.3 Å². The molecule has 7 nitrogen and oxygen atoms in total. The average Bonchev–Trinajstić information content (AvgIpc) is 2.84. The lowest BCUT2D eigenvalue weighted by Crippen LogP contribution is -2.47. The first-order valence-corrected chi connectivity index (χ1v) is 8.39. The molecule has 3 heterocycles. The minimum Gasteiger partial charge on any atom is -0.334 e. The van der Waals surface area contributed by atoms with E-state index in [1.54, 1.807) is 24.3 Å². The number of aromatic amines is 1. The summed E-state index contributed by atoms with van der Waals surface area (Å²) < 4.78 is 1.02. The second-order valence-corrected chi connectivity index (χ2v) is 6.55. The van der Waals surface area contributed by atoms with Crippen LogP contribution < -0.4 is 16.6 Å². The van der Waals surface area contributed by atoms with Gasteiger partial charge in [0.05, 0.1) is 10.9 Å². The summed E-state index contributed by atoms with van der Waals surface area (Å²) in [6.07, 6.45) is 2.90. The maximum absolute atomic E-state index is 12.8. The molecule has 2 bridgehead atoms. The molecule has 0 radical (unpaired) electrons. The van der Waals surface area contributed by atoms with E-state index in [1.165, 1.54) is 0 Å². The molecular formula is C17H20N4O3. The summed E-state index contributed by atoms with van der Waals surface area (Å²) in [5.74, 6) is -0.144. The number of hydrogen-bond donors (Lipinski definition) is 2. The minimum absolute atomic E-state index is 0.144. The number of rotatable bonds is 2. The highest BCUT2D eigenvalue weighted by atomic mass is 16.2. The summed E-state index contributed by atoms with van der Waals surface area (Å²) in [6, 6.07) is 7.23. The number of para-hydroxylation sites is 1. The Morgan fingerprint density at radius 1 is 1.12 bits per heavy atom. The predicted octanol–water partition coefficient (Wildman–Crippen LogP) is 0.0427. The molecule has 1 aromatic carbocycles. The van der Waals surface area contributed by atoms with Gasteiger partial charge in [0.2, 0.25) is 5.91 Å². The smallest absolute Gasteiger partial charge is 0.329 e. The van der Waals surface area contributed by atoms with Gasteiger partial charge >= 0.3 is 5.69 Å². The summed E-state index contributed by atoms with van der Waals surface area (Å²) >= 11 is 0. The Labute approximate surface area is 138 Å². The van der Waals surface area contributed by atoms with E-state index < -0.39 is 11.2 Å². The van der Waals surface area contributed by atoms with Gasteiger partial charge in [0, 0.05) is 18.6 Å². The normalized spacial score (nSPS) is 23.4. The molecule has 2 saturated heterocycles. The molecule has 2 unspecified atom stereocenters. The van der Waals surface area contributed by atoms with Crippen molar-refractivity contribution in [1.29, 1.82) is 0 Å². The SMILES string of the molecule is O=C(Cn1c(=O)[nH]c2ccccc2c1=O)N1C2CCNCC1CC2. The number of H-pyrrole nitrogens is 1. The van der Waals surface area contributed by atoms with Crippen molar-refractivity contribution < 1.29 is 4.79 Å². The number of carbonyl (C=O) groups excluding carboxylic acids is 1. The Morgan fingerprint density at radius 2 is 1.92 bits per heavy atom. The van der Waals surface area contributed by atoms with E-state index in [-0.39, 0.29) is 24.5 Å². The Bertz CT molecular complexity index is 887. The molecule has 2 aliphatic heterocycles. The van der Waals surface area contributed by atoms with Crippen LogP contribution in [0, 0.1) is 0 Å². The van der Waals surface area contributed by atoms with Gasteiger partial charge < -0.3 is 15.2 Å². The first-order chi connectivity index (χ1) is 11.6. The number of fused-ring (bicyclic) bond motifs is 3. The highest BCUT2D eigenvalue weighted by molar-refractivity contribution is 5.79. The highest BCUT2D eigenvalue weighted by Crippen LogP contribution is 2.28. The zero-order chi connectivity index (χ0) is 16.7. The van der Waals surface area contributed by atoms with Crippen LogP contribution in [0.25, 0.3) is 10.9 Å². The van der Waals surface area contributed by atoms with Crippen molar-refractivity contribution >= 4 is 16.8 Å². The molecule has 2 aromatic rings. The Kier molecular flexibility index (Phi) is 3.72. The second-order valence-electron chi connectivity index (χ2n) is 6.55. The number of nitrogens with one attached hydrogen (secondary N) is 2. The number of amides is 1. The quantitative estimate of drug-likeness (QED) is 0.815. The molecule has 1 aromatic heterocycles. The van der Waals surface area contributed by atoms with Gasteiger partial charge in [-0.1, -0.05) is 12.1 Å². The second kappa shape index (κ2) is 5.90. The van der Waals surface area contributed by atoms with Crippen LogP contribution in [0.2, 0.25) is 0 Å². The number of nitrogens with zero attached hydrogens (tertiary/aromatic N) is 2. The Balaban J connectivity index is 1.68. The van der Waals surface area contributed by atoms with Crippen LogP contribution in [0.15, 0.2) is 33.9 Å². The molecular weight excluding hydrogens is 308 g/mol. The first kappa shape index (κ1) is 15.1. The molecule has 2 atom stereocenters. The van der Waals surface area contributed by atoms with Crippen LogP contribution in [-0.4, -0.2) is 45.5 Å². The van der Waals surface area contributed by atoms with Gasteiger partial charge in [0.15, 0.2) is 0 Å². The maximum atomic E-state index is 12.8. The summed E-state index contributed by atoms with van der Waals surface area (Å²) in [4.78, 5) is 42.2. The van der Waals surface area contributed by atoms with Crippen LogP contribution in [0.5, 0.6) is 0 Å². The molecule has 7 heteroatoms. The van der Waals surface area contributed by atoms with Crippen LogP contribution >= 0.6 is 0 Å². The third-order valence-corrected chi connectivity index (χ3v) is 5.12. The van der Waals surface area contributed by atoms with Crippen molar-refractivity contribution in [3.63, 3.8) is 0 Å². The predicted molar refractivity (Wildman–Crippen MR) is 90.0 cm³/mol. The third-order valence-electron chi connectivity index (χ3n) is 5.12. The van der Waals surface area contributed by atoms with Crippen molar-refractivity contribution in [1.82, 2.24) is 19.8 Å². The molecule has 24 heavy (non-hydrogen) atoms. The third kappa shape index (κ3) is 2.45. The van der Waals surface area contributed by atoms with Gasteiger partial charge in [0.25, 0.3) is 5.56 Å².